The third kappa shape index (κ3) is 0.881. The number of aryl methyl sites for hydroxylation is 2. The van der Waals surface area contributed by atoms with Gasteiger partial charge < -0.3 is 0 Å². The summed E-state index contributed by atoms with van der Waals surface area (Å²) in [6, 6.07) is 1.88. The lowest BCUT2D eigenvalue weighted by molar-refractivity contribution is 0.112. The molecule has 0 aromatic carbocycles. The number of aromatic nitrogens is 2. The van der Waals surface area contributed by atoms with Crippen LogP contribution in [0.25, 0.3) is 10.2 Å². The summed E-state index contributed by atoms with van der Waals surface area (Å²) in [6.45, 7) is 2.00. The van der Waals surface area contributed by atoms with Gasteiger partial charge in [-0.25, -0.2) is 0 Å². The molecular weight excluding hydrogens is 172 g/mol. The first-order valence-electron chi connectivity index (χ1n) is 3.60. The molecule has 0 N–H and O–H groups in total. The molecule has 0 aliphatic heterocycles. The first-order chi connectivity index (χ1) is 5.72. The molecule has 62 valence electrons. The Balaban J connectivity index is 2.79. The summed E-state index contributed by atoms with van der Waals surface area (Å²) in [5.74, 6) is 0. The van der Waals surface area contributed by atoms with Crippen LogP contribution in [0.1, 0.15) is 15.4 Å². The van der Waals surface area contributed by atoms with Crippen LogP contribution in [0, 0.1) is 6.92 Å². The van der Waals surface area contributed by atoms with Crippen molar-refractivity contribution in [2.24, 2.45) is 7.05 Å². The Morgan fingerprint density at radius 2 is 2.42 bits per heavy atom. The maximum absolute atomic E-state index is 10.4. The summed E-state index contributed by atoms with van der Waals surface area (Å²) in [4.78, 5) is 12.1. The summed E-state index contributed by atoms with van der Waals surface area (Å²) in [7, 11) is 1.91. The number of thiophene rings is 1. The van der Waals surface area contributed by atoms with Crippen molar-refractivity contribution < 1.29 is 4.79 Å². The van der Waals surface area contributed by atoms with E-state index >= 15 is 0 Å². The normalized spacial score (nSPS) is 10.8. The molecular formula is C8H8N2OS. The van der Waals surface area contributed by atoms with Crippen LogP contribution in [-0.2, 0) is 7.05 Å². The van der Waals surface area contributed by atoms with Gasteiger partial charge in [-0.2, -0.15) is 5.10 Å². The molecule has 0 unspecified atom stereocenters. The zero-order valence-electron chi connectivity index (χ0n) is 6.87. The van der Waals surface area contributed by atoms with Crippen LogP contribution in [0.15, 0.2) is 6.07 Å². The van der Waals surface area contributed by atoms with Crippen molar-refractivity contribution in [1.82, 2.24) is 9.78 Å². The first-order valence-corrected chi connectivity index (χ1v) is 4.42. The fourth-order valence-corrected chi connectivity index (χ4v) is 2.11. The van der Waals surface area contributed by atoms with Crippen LogP contribution in [0.3, 0.4) is 0 Å². The average molecular weight is 180 g/mol. The van der Waals surface area contributed by atoms with E-state index in [1.54, 1.807) is 0 Å². The van der Waals surface area contributed by atoms with Crippen LogP contribution in [0.2, 0.25) is 0 Å². The molecule has 0 bridgehead atoms. The Morgan fingerprint density at radius 3 is 3.00 bits per heavy atom. The van der Waals surface area contributed by atoms with E-state index in [2.05, 4.69) is 5.10 Å². The van der Waals surface area contributed by atoms with Gasteiger partial charge in [0.15, 0.2) is 6.29 Å². The fourth-order valence-electron chi connectivity index (χ4n) is 1.18. The second-order valence-corrected chi connectivity index (χ2v) is 3.76. The van der Waals surface area contributed by atoms with Crippen molar-refractivity contribution in [1.29, 1.82) is 0 Å². The van der Waals surface area contributed by atoms with Gasteiger partial charge in [0.25, 0.3) is 0 Å². The summed E-state index contributed by atoms with van der Waals surface area (Å²) < 4.78 is 1.83. The number of nitrogens with zero attached hydrogens (tertiary/aromatic N) is 2. The molecule has 0 fully saturated rings. The molecule has 0 atom stereocenters. The molecule has 3 nitrogen and oxygen atoms in total. The minimum Gasteiger partial charge on any atom is -0.297 e. The Kier molecular flexibility index (Phi) is 1.51. The standard InChI is InChI=1S/C8H8N2OS/c1-5-7-3-6(4-11)12-8(7)9-10(5)2/h3-4H,1-2H3. The number of hydrogen-bond acceptors (Lipinski definition) is 3. The lowest BCUT2D eigenvalue weighted by atomic mass is 10.3. The number of carbonyl (C=O) groups excluding carboxylic acids is 1. The number of aldehydes is 1. The van der Waals surface area contributed by atoms with E-state index in [-0.39, 0.29) is 0 Å². The molecule has 2 aromatic rings. The minimum absolute atomic E-state index is 0.746. The maximum Gasteiger partial charge on any atom is 0.160 e. The molecule has 4 heteroatoms. The second-order valence-electron chi connectivity index (χ2n) is 2.69. The van der Waals surface area contributed by atoms with Crippen LogP contribution < -0.4 is 0 Å². The summed E-state index contributed by atoms with van der Waals surface area (Å²) in [6.07, 6.45) is 0.867. The predicted molar refractivity (Wildman–Crippen MR) is 48.7 cm³/mol. The Labute approximate surface area is 73.6 Å². The Bertz CT molecular complexity index is 441. The quantitative estimate of drug-likeness (QED) is 0.627. The van der Waals surface area contributed by atoms with Gasteiger partial charge in [-0.05, 0) is 13.0 Å². The van der Waals surface area contributed by atoms with E-state index in [4.69, 9.17) is 0 Å². The van der Waals surface area contributed by atoms with Crippen LogP contribution in [0.5, 0.6) is 0 Å². The largest absolute Gasteiger partial charge is 0.297 e. The fraction of sp³-hybridized carbons (Fsp3) is 0.250. The van der Waals surface area contributed by atoms with Gasteiger partial charge in [0, 0.05) is 18.1 Å². The van der Waals surface area contributed by atoms with Crippen LogP contribution in [-0.4, -0.2) is 16.1 Å². The number of carbonyl (C=O) groups is 1. The lowest BCUT2D eigenvalue weighted by Gasteiger charge is -1.90. The van der Waals surface area contributed by atoms with Crippen molar-refractivity contribution in [2.45, 2.75) is 6.92 Å². The zero-order chi connectivity index (χ0) is 8.72. The summed E-state index contributed by atoms with van der Waals surface area (Å²) in [5.41, 5.74) is 1.11. The van der Waals surface area contributed by atoms with Gasteiger partial charge in [0.1, 0.15) is 4.83 Å². The van der Waals surface area contributed by atoms with Crippen molar-refractivity contribution >= 4 is 27.8 Å². The molecule has 2 heterocycles. The van der Waals surface area contributed by atoms with Gasteiger partial charge in [-0.1, -0.05) is 0 Å². The van der Waals surface area contributed by atoms with Gasteiger partial charge in [-0.3, -0.25) is 9.48 Å². The second kappa shape index (κ2) is 2.42. The topological polar surface area (TPSA) is 34.9 Å². The van der Waals surface area contributed by atoms with E-state index in [9.17, 15) is 4.79 Å². The highest BCUT2D eigenvalue weighted by Crippen LogP contribution is 2.25. The van der Waals surface area contributed by atoms with E-state index in [0.717, 1.165) is 27.1 Å². The third-order valence-corrected chi connectivity index (χ3v) is 2.91. The van der Waals surface area contributed by atoms with Gasteiger partial charge in [0.2, 0.25) is 0 Å². The van der Waals surface area contributed by atoms with E-state index < -0.39 is 0 Å². The molecule has 2 aromatic heterocycles. The summed E-state index contributed by atoms with van der Waals surface area (Å²) >= 11 is 1.43. The third-order valence-electron chi connectivity index (χ3n) is 1.96. The SMILES string of the molecule is Cc1c2cc(C=O)sc2nn1C. The van der Waals surface area contributed by atoms with Crippen molar-refractivity contribution in [3.05, 3.63) is 16.6 Å². The molecule has 12 heavy (non-hydrogen) atoms. The molecule has 0 spiro atoms. The first kappa shape index (κ1) is 7.49. The monoisotopic (exact) mass is 180 g/mol. The van der Waals surface area contributed by atoms with Crippen LogP contribution >= 0.6 is 11.3 Å². The highest BCUT2D eigenvalue weighted by atomic mass is 32.1. The zero-order valence-corrected chi connectivity index (χ0v) is 7.68. The molecule has 0 saturated heterocycles. The molecule has 0 aliphatic carbocycles. The van der Waals surface area contributed by atoms with E-state index in [1.807, 2.05) is 24.7 Å². The number of hydrogen-bond donors (Lipinski definition) is 0. The molecule has 0 radical (unpaired) electrons. The number of rotatable bonds is 1. The highest BCUT2D eigenvalue weighted by Gasteiger charge is 2.08. The molecule has 2 rings (SSSR count). The van der Waals surface area contributed by atoms with Crippen molar-refractivity contribution in [3.8, 4) is 0 Å². The van der Waals surface area contributed by atoms with Crippen LogP contribution in [0.4, 0.5) is 0 Å². The van der Waals surface area contributed by atoms with Crippen molar-refractivity contribution in [3.63, 3.8) is 0 Å². The maximum atomic E-state index is 10.4. The van der Waals surface area contributed by atoms with Gasteiger partial charge in [-0.15, -0.1) is 11.3 Å². The number of fused-ring (bicyclic) bond motifs is 1. The van der Waals surface area contributed by atoms with E-state index in [0.29, 0.717) is 0 Å². The predicted octanol–water partition coefficient (Wildman–Crippen LogP) is 1.76. The molecule has 0 amide bonds. The Morgan fingerprint density at radius 1 is 1.67 bits per heavy atom. The highest BCUT2D eigenvalue weighted by molar-refractivity contribution is 7.20. The smallest absolute Gasteiger partial charge is 0.160 e. The minimum atomic E-state index is 0.746. The van der Waals surface area contributed by atoms with Crippen molar-refractivity contribution in [2.75, 3.05) is 0 Å². The Hall–Kier alpha value is -1.16. The lowest BCUT2D eigenvalue weighted by Crippen LogP contribution is -1.91. The molecule has 0 aliphatic rings. The van der Waals surface area contributed by atoms with E-state index in [1.165, 1.54) is 11.3 Å². The average Bonchev–Trinajstić information content (AvgIpc) is 2.55. The van der Waals surface area contributed by atoms with Gasteiger partial charge >= 0.3 is 0 Å². The summed E-state index contributed by atoms with van der Waals surface area (Å²) in [5, 5.41) is 5.35. The molecule has 0 saturated carbocycles. The van der Waals surface area contributed by atoms with Gasteiger partial charge in [0.05, 0.1) is 4.88 Å².